The first kappa shape index (κ1) is 17.2. The van der Waals surface area contributed by atoms with Gasteiger partial charge in [-0.25, -0.2) is 9.97 Å². The molecule has 0 spiro atoms. The number of fused-ring (bicyclic) bond motifs is 1. The summed E-state index contributed by atoms with van der Waals surface area (Å²) in [6.07, 6.45) is 1.53. The van der Waals surface area contributed by atoms with Gasteiger partial charge in [0.05, 0.1) is 16.5 Å². The third-order valence-electron chi connectivity index (χ3n) is 4.18. The van der Waals surface area contributed by atoms with Gasteiger partial charge in [0.2, 0.25) is 0 Å². The molecule has 0 aromatic carbocycles. The maximum absolute atomic E-state index is 12.8. The largest absolute Gasteiger partial charge is 0.461 e. The SMILES string of the molecule is Cc1cc(C)c(CNC(=O)c2nc(-c3ccco3)nc3ccsc23)c(=O)[nH]1. The molecule has 0 saturated carbocycles. The molecule has 0 fully saturated rings. The Morgan fingerprint density at radius 2 is 2.15 bits per heavy atom. The summed E-state index contributed by atoms with van der Waals surface area (Å²) in [5.41, 5.74) is 2.88. The minimum Gasteiger partial charge on any atom is -0.461 e. The second kappa shape index (κ2) is 6.81. The molecular formula is C19H16N4O3S. The minimum atomic E-state index is -0.364. The van der Waals surface area contributed by atoms with Crippen molar-refractivity contribution in [2.24, 2.45) is 0 Å². The minimum absolute atomic E-state index is 0.118. The maximum Gasteiger partial charge on any atom is 0.271 e. The highest BCUT2D eigenvalue weighted by molar-refractivity contribution is 7.17. The molecule has 0 saturated heterocycles. The van der Waals surface area contributed by atoms with Crippen LogP contribution in [-0.2, 0) is 6.54 Å². The molecule has 4 aromatic heterocycles. The number of nitrogens with one attached hydrogen (secondary N) is 2. The molecule has 136 valence electrons. The highest BCUT2D eigenvalue weighted by atomic mass is 32.1. The van der Waals surface area contributed by atoms with Crippen LogP contribution >= 0.6 is 11.3 Å². The summed E-state index contributed by atoms with van der Waals surface area (Å²) in [5.74, 6) is 0.473. The van der Waals surface area contributed by atoms with E-state index in [0.717, 1.165) is 11.3 Å². The number of aryl methyl sites for hydroxylation is 2. The number of rotatable bonds is 4. The predicted octanol–water partition coefficient (Wildman–Crippen LogP) is 3.19. The number of thiophene rings is 1. The lowest BCUT2D eigenvalue weighted by molar-refractivity contribution is 0.0947. The number of aromatic nitrogens is 3. The average molecular weight is 380 g/mol. The molecule has 0 radical (unpaired) electrons. The zero-order chi connectivity index (χ0) is 19.0. The molecule has 0 bridgehead atoms. The van der Waals surface area contributed by atoms with Crippen LogP contribution in [0.4, 0.5) is 0 Å². The Bertz CT molecular complexity index is 1190. The van der Waals surface area contributed by atoms with E-state index in [1.54, 1.807) is 12.1 Å². The smallest absolute Gasteiger partial charge is 0.271 e. The Balaban J connectivity index is 1.67. The Kier molecular flexibility index (Phi) is 4.33. The number of amides is 1. The van der Waals surface area contributed by atoms with Gasteiger partial charge < -0.3 is 14.7 Å². The molecule has 4 rings (SSSR count). The fourth-order valence-electron chi connectivity index (χ4n) is 2.89. The van der Waals surface area contributed by atoms with E-state index in [2.05, 4.69) is 20.3 Å². The van der Waals surface area contributed by atoms with E-state index >= 15 is 0 Å². The quantitative estimate of drug-likeness (QED) is 0.566. The fourth-order valence-corrected chi connectivity index (χ4v) is 3.70. The first-order valence-corrected chi connectivity index (χ1v) is 9.17. The number of nitrogens with zero attached hydrogens (tertiary/aromatic N) is 2. The van der Waals surface area contributed by atoms with Gasteiger partial charge in [-0.1, -0.05) is 0 Å². The van der Waals surface area contributed by atoms with Crippen molar-refractivity contribution in [2.75, 3.05) is 0 Å². The molecule has 4 aromatic rings. The van der Waals surface area contributed by atoms with E-state index in [1.165, 1.54) is 17.6 Å². The summed E-state index contributed by atoms with van der Waals surface area (Å²) in [6, 6.07) is 7.19. The molecule has 7 nitrogen and oxygen atoms in total. The number of hydrogen-bond donors (Lipinski definition) is 2. The third-order valence-corrected chi connectivity index (χ3v) is 5.09. The number of H-pyrrole nitrogens is 1. The van der Waals surface area contributed by atoms with Crippen molar-refractivity contribution in [3.05, 3.63) is 68.8 Å². The van der Waals surface area contributed by atoms with Crippen LogP contribution in [0.5, 0.6) is 0 Å². The Labute approximate surface area is 158 Å². The van der Waals surface area contributed by atoms with Crippen molar-refractivity contribution < 1.29 is 9.21 Å². The summed E-state index contributed by atoms with van der Waals surface area (Å²) in [6.45, 7) is 3.79. The molecular weight excluding hydrogens is 364 g/mol. The fraction of sp³-hybridized carbons (Fsp3) is 0.158. The summed E-state index contributed by atoms with van der Waals surface area (Å²) >= 11 is 1.39. The van der Waals surface area contributed by atoms with Crippen LogP contribution in [0.25, 0.3) is 21.8 Å². The van der Waals surface area contributed by atoms with Gasteiger partial charge in [0.1, 0.15) is 5.69 Å². The van der Waals surface area contributed by atoms with E-state index in [4.69, 9.17) is 4.42 Å². The van der Waals surface area contributed by atoms with Gasteiger partial charge in [0.15, 0.2) is 11.6 Å². The van der Waals surface area contributed by atoms with Gasteiger partial charge in [0, 0.05) is 17.8 Å². The van der Waals surface area contributed by atoms with Crippen molar-refractivity contribution in [3.63, 3.8) is 0 Å². The lowest BCUT2D eigenvalue weighted by Crippen LogP contribution is -2.28. The number of furan rings is 1. The first-order chi connectivity index (χ1) is 13.0. The molecule has 0 aliphatic carbocycles. The van der Waals surface area contributed by atoms with E-state index in [9.17, 15) is 9.59 Å². The van der Waals surface area contributed by atoms with E-state index in [-0.39, 0.29) is 23.7 Å². The van der Waals surface area contributed by atoms with Crippen LogP contribution in [0.1, 0.15) is 27.3 Å². The van der Waals surface area contributed by atoms with Gasteiger partial charge in [0.25, 0.3) is 11.5 Å². The van der Waals surface area contributed by atoms with Gasteiger partial charge in [-0.05, 0) is 49.1 Å². The topological polar surface area (TPSA) is 101 Å². The van der Waals surface area contributed by atoms with E-state index in [1.807, 2.05) is 31.4 Å². The molecule has 8 heteroatoms. The van der Waals surface area contributed by atoms with Crippen LogP contribution in [0.2, 0.25) is 0 Å². The normalized spacial score (nSPS) is 11.0. The van der Waals surface area contributed by atoms with Crippen LogP contribution in [0.3, 0.4) is 0 Å². The molecule has 1 amide bonds. The van der Waals surface area contributed by atoms with Crippen molar-refractivity contribution in [3.8, 4) is 11.6 Å². The van der Waals surface area contributed by atoms with Crippen LogP contribution in [-0.4, -0.2) is 20.9 Å². The second-order valence-electron chi connectivity index (χ2n) is 6.13. The number of carbonyl (C=O) groups is 1. The predicted molar refractivity (Wildman–Crippen MR) is 103 cm³/mol. The third kappa shape index (κ3) is 3.26. The van der Waals surface area contributed by atoms with Crippen LogP contribution in [0, 0.1) is 13.8 Å². The molecule has 0 aliphatic heterocycles. The Morgan fingerprint density at radius 1 is 1.30 bits per heavy atom. The number of carbonyl (C=O) groups excluding carboxylic acids is 1. The summed E-state index contributed by atoms with van der Waals surface area (Å²) < 4.78 is 6.04. The Morgan fingerprint density at radius 3 is 2.89 bits per heavy atom. The molecule has 0 unspecified atom stereocenters. The van der Waals surface area contributed by atoms with Gasteiger partial charge in [-0.15, -0.1) is 11.3 Å². The first-order valence-electron chi connectivity index (χ1n) is 8.29. The molecule has 27 heavy (non-hydrogen) atoms. The highest BCUT2D eigenvalue weighted by Crippen LogP contribution is 2.26. The zero-order valence-corrected chi connectivity index (χ0v) is 15.5. The van der Waals surface area contributed by atoms with E-state index in [0.29, 0.717) is 27.4 Å². The van der Waals surface area contributed by atoms with Crippen molar-refractivity contribution in [2.45, 2.75) is 20.4 Å². The zero-order valence-electron chi connectivity index (χ0n) is 14.7. The van der Waals surface area contributed by atoms with Gasteiger partial charge in [-0.2, -0.15) is 0 Å². The number of aromatic amines is 1. The van der Waals surface area contributed by atoms with Crippen molar-refractivity contribution in [1.29, 1.82) is 0 Å². The maximum atomic E-state index is 12.8. The summed E-state index contributed by atoms with van der Waals surface area (Å²) in [7, 11) is 0. The Hall–Kier alpha value is -3.26. The molecule has 0 aliphatic rings. The van der Waals surface area contributed by atoms with Crippen molar-refractivity contribution in [1.82, 2.24) is 20.3 Å². The lowest BCUT2D eigenvalue weighted by Gasteiger charge is -2.09. The molecule has 0 atom stereocenters. The van der Waals surface area contributed by atoms with Gasteiger partial charge >= 0.3 is 0 Å². The van der Waals surface area contributed by atoms with Crippen molar-refractivity contribution >= 4 is 27.5 Å². The summed E-state index contributed by atoms with van der Waals surface area (Å²) in [5, 5.41) is 4.66. The average Bonchev–Trinajstić information content (AvgIpc) is 3.31. The van der Waals surface area contributed by atoms with E-state index < -0.39 is 0 Å². The second-order valence-corrected chi connectivity index (χ2v) is 7.05. The lowest BCUT2D eigenvalue weighted by atomic mass is 10.1. The number of hydrogen-bond acceptors (Lipinski definition) is 6. The summed E-state index contributed by atoms with van der Waals surface area (Å²) in [4.78, 5) is 36.5. The monoisotopic (exact) mass is 380 g/mol. The molecule has 2 N–H and O–H groups in total. The van der Waals surface area contributed by atoms with Crippen LogP contribution in [0.15, 0.2) is 45.1 Å². The highest BCUT2D eigenvalue weighted by Gasteiger charge is 2.18. The van der Waals surface area contributed by atoms with Crippen LogP contribution < -0.4 is 10.9 Å². The van der Waals surface area contributed by atoms with Gasteiger partial charge in [-0.3, -0.25) is 9.59 Å². The number of pyridine rings is 1. The standard InChI is InChI=1S/C19H16N4O3S/c1-10-8-11(2)21-18(24)12(10)9-20-19(25)15-16-13(5-7-27-16)22-17(23-15)14-4-3-6-26-14/h3-8H,9H2,1-2H3,(H,20,25)(H,21,24). The molecule has 4 heterocycles.